The molecule has 4 aromatic carbocycles. The Labute approximate surface area is 255 Å². The Morgan fingerprint density at radius 1 is 0.822 bits per heavy atom. The number of nitrogens with zero attached hydrogens (tertiary/aromatic N) is 5. The van der Waals surface area contributed by atoms with E-state index in [0.717, 1.165) is 4.90 Å². The number of nitro benzene ring substituents is 2. The Morgan fingerprint density at radius 2 is 1.44 bits per heavy atom. The second kappa shape index (κ2) is 11.4. The van der Waals surface area contributed by atoms with Crippen LogP contribution in [0.1, 0.15) is 36.6 Å². The molecule has 14 nitrogen and oxygen atoms in total. The smallest absolute Gasteiger partial charge is 0.346 e. The van der Waals surface area contributed by atoms with Gasteiger partial charge in [-0.05, 0) is 30.0 Å². The highest BCUT2D eigenvalue weighted by Crippen LogP contribution is 2.36. The molecule has 2 heterocycles. The second-order valence-corrected chi connectivity index (χ2v) is 11.3. The van der Waals surface area contributed by atoms with Crippen LogP contribution in [0.3, 0.4) is 0 Å². The topological polar surface area (TPSA) is 179 Å². The maximum Gasteiger partial charge on any atom is 0.346 e. The largest absolute Gasteiger partial charge is 0.625 e. The van der Waals surface area contributed by atoms with Crippen molar-refractivity contribution in [2.45, 2.75) is 6.54 Å². The van der Waals surface area contributed by atoms with Gasteiger partial charge in [0.15, 0.2) is 0 Å². The maximum atomic E-state index is 13.6. The molecule has 0 fully saturated rings. The third-order valence-corrected chi connectivity index (χ3v) is 8.43. The van der Waals surface area contributed by atoms with Crippen molar-refractivity contribution >= 4 is 50.6 Å². The Kier molecular flexibility index (Phi) is 7.58. The number of amides is 3. The number of quaternary nitrogens is 1. The van der Waals surface area contributed by atoms with Gasteiger partial charge >= 0.3 is 5.91 Å². The highest BCUT2D eigenvalue weighted by atomic mass is 16.6. The van der Waals surface area contributed by atoms with Gasteiger partial charge in [0, 0.05) is 78.9 Å². The van der Waals surface area contributed by atoms with Crippen molar-refractivity contribution in [3.05, 3.63) is 108 Å². The van der Waals surface area contributed by atoms with E-state index in [9.17, 15) is 39.8 Å². The molecule has 4 aromatic rings. The molecule has 0 spiro atoms. The molecule has 0 bridgehead atoms. The van der Waals surface area contributed by atoms with Gasteiger partial charge in [-0.3, -0.25) is 39.4 Å². The van der Waals surface area contributed by atoms with Crippen LogP contribution in [-0.2, 0) is 6.54 Å². The number of hydrogen-bond donors (Lipinski definition) is 1. The minimum Gasteiger partial charge on any atom is -0.625 e. The summed E-state index contributed by atoms with van der Waals surface area (Å²) in [6.07, 6.45) is 0. The zero-order chi connectivity index (χ0) is 32.0. The summed E-state index contributed by atoms with van der Waals surface area (Å²) in [6, 6.07) is 15.1. The molecular weight excluding hydrogens is 584 g/mol. The van der Waals surface area contributed by atoms with Crippen molar-refractivity contribution in [2.75, 3.05) is 46.3 Å². The number of benzene rings is 4. The number of hydroxylamine groups is 3. The summed E-state index contributed by atoms with van der Waals surface area (Å²) >= 11 is 0. The predicted molar refractivity (Wildman–Crippen MR) is 163 cm³/mol. The average molecular weight is 613 g/mol. The minimum absolute atomic E-state index is 0.0683. The van der Waals surface area contributed by atoms with E-state index in [1.807, 2.05) is 4.90 Å². The highest BCUT2D eigenvalue weighted by Gasteiger charge is 2.37. The lowest BCUT2D eigenvalue weighted by molar-refractivity contribution is -0.811. The molecule has 6 rings (SSSR count). The quantitative estimate of drug-likeness (QED) is 0.0657. The molecule has 1 atom stereocenters. The minimum atomic E-state index is -1.16. The van der Waals surface area contributed by atoms with Gasteiger partial charge in [-0.15, -0.1) is 0 Å². The van der Waals surface area contributed by atoms with Crippen LogP contribution in [-0.4, -0.2) is 88.3 Å². The Hall–Kier alpha value is -5.15. The number of carbonyl (C=O) groups is 3. The fourth-order valence-corrected chi connectivity index (χ4v) is 6.14. The first kappa shape index (κ1) is 29.9. The van der Waals surface area contributed by atoms with Crippen molar-refractivity contribution in [2.24, 2.45) is 0 Å². The zero-order valence-electron chi connectivity index (χ0n) is 24.2. The Bertz CT molecular complexity index is 1940. The fourth-order valence-electron chi connectivity index (χ4n) is 6.14. The van der Waals surface area contributed by atoms with Crippen molar-refractivity contribution in [1.29, 1.82) is 0 Å². The molecule has 2 aliphatic heterocycles. The van der Waals surface area contributed by atoms with Crippen LogP contribution in [0, 0.1) is 25.4 Å². The van der Waals surface area contributed by atoms with E-state index in [1.165, 1.54) is 24.3 Å². The summed E-state index contributed by atoms with van der Waals surface area (Å²) in [6.45, 7) is 1.28. The van der Waals surface area contributed by atoms with Gasteiger partial charge < -0.3 is 15.4 Å². The Morgan fingerprint density at radius 3 is 2.13 bits per heavy atom. The van der Waals surface area contributed by atoms with Crippen molar-refractivity contribution in [3.8, 4) is 0 Å². The second-order valence-electron chi connectivity index (χ2n) is 11.3. The summed E-state index contributed by atoms with van der Waals surface area (Å²) in [7, 11) is 1.81. The van der Waals surface area contributed by atoms with Crippen molar-refractivity contribution in [1.82, 2.24) is 15.1 Å². The van der Waals surface area contributed by atoms with Gasteiger partial charge in [-0.2, -0.15) is 0 Å². The SMILES string of the molecule is CN(CCNCC[N+]1([O-])Cc2cc([N+](=O)[O-])cc3cccc(c23)C1=O)CCN1C(=O)c2cccc3cc([N+](=O)[O-])cc(c23)C1=O. The lowest BCUT2D eigenvalue weighted by Gasteiger charge is -2.42. The van der Waals surface area contributed by atoms with Gasteiger partial charge in [0.2, 0.25) is 0 Å². The monoisotopic (exact) mass is 612 g/mol. The van der Waals surface area contributed by atoms with Crippen LogP contribution in [0.2, 0.25) is 0 Å². The molecule has 45 heavy (non-hydrogen) atoms. The number of hydrogen-bond acceptors (Lipinski definition) is 10. The molecule has 0 radical (unpaired) electrons. The van der Waals surface area contributed by atoms with E-state index in [2.05, 4.69) is 5.32 Å². The number of imide groups is 1. The molecular formula is C31H28N6O8. The molecule has 1 N–H and O–H groups in total. The molecule has 0 aliphatic carbocycles. The molecule has 0 aromatic heterocycles. The third-order valence-electron chi connectivity index (χ3n) is 8.43. The maximum absolute atomic E-state index is 13.6. The van der Waals surface area contributed by atoms with Crippen LogP contribution in [0.25, 0.3) is 21.5 Å². The van der Waals surface area contributed by atoms with Crippen LogP contribution in [0.15, 0.2) is 60.7 Å². The standard InChI is InChI=1S/C31H28N6O8/c1-33(11-12-34-29(38)24-6-2-5-20-15-23(36(43)44)17-26(28(20)24)30(34)39)10-8-32-9-13-37(45)18-21-16-22(35(41)42)14-19-4-3-7-25(27(19)21)31(37)40/h2-7,14-17,32H,8-13,18H2,1H3. The normalized spacial score (nSPS) is 17.5. The van der Waals surface area contributed by atoms with Gasteiger partial charge in [-0.25, -0.2) is 4.79 Å². The van der Waals surface area contributed by atoms with E-state index in [4.69, 9.17) is 0 Å². The first-order valence-corrected chi connectivity index (χ1v) is 14.3. The van der Waals surface area contributed by atoms with Gasteiger partial charge in [0.25, 0.3) is 23.2 Å². The van der Waals surface area contributed by atoms with Crippen LogP contribution < -0.4 is 5.32 Å². The fraction of sp³-hybridized carbons (Fsp3) is 0.258. The number of nitro groups is 2. The number of non-ortho nitro benzene ring substituents is 2. The molecule has 3 amide bonds. The van der Waals surface area contributed by atoms with E-state index in [0.29, 0.717) is 52.3 Å². The van der Waals surface area contributed by atoms with Crippen molar-refractivity contribution < 1.29 is 28.9 Å². The van der Waals surface area contributed by atoms with Crippen LogP contribution in [0.5, 0.6) is 0 Å². The summed E-state index contributed by atoms with van der Waals surface area (Å²) in [4.78, 5) is 64.4. The molecule has 0 saturated heterocycles. The Balaban J connectivity index is 1.04. The van der Waals surface area contributed by atoms with E-state index < -0.39 is 32.2 Å². The average Bonchev–Trinajstić information content (AvgIpc) is 3.01. The first-order valence-electron chi connectivity index (χ1n) is 14.3. The predicted octanol–water partition coefficient (Wildman–Crippen LogP) is 3.60. The lowest BCUT2D eigenvalue weighted by atomic mass is 9.93. The molecule has 230 valence electrons. The van der Waals surface area contributed by atoms with E-state index >= 15 is 0 Å². The summed E-state index contributed by atoms with van der Waals surface area (Å²) in [5.74, 6) is -1.63. The summed E-state index contributed by atoms with van der Waals surface area (Å²) in [5.41, 5.74) is 0.808. The van der Waals surface area contributed by atoms with Gasteiger partial charge in [-0.1, -0.05) is 24.3 Å². The van der Waals surface area contributed by atoms with Gasteiger partial charge in [0.1, 0.15) is 6.54 Å². The summed E-state index contributed by atoms with van der Waals surface area (Å²) in [5, 5.41) is 41.6. The van der Waals surface area contributed by atoms with Crippen molar-refractivity contribution in [3.63, 3.8) is 0 Å². The lowest BCUT2D eigenvalue weighted by Crippen LogP contribution is -2.52. The molecule has 0 saturated carbocycles. The van der Waals surface area contributed by atoms with Crippen LogP contribution in [0.4, 0.5) is 11.4 Å². The number of rotatable bonds is 11. The van der Waals surface area contributed by atoms with Gasteiger partial charge in [0.05, 0.1) is 27.5 Å². The number of nitrogens with one attached hydrogen (secondary N) is 1. The molecule has 14 heteroatoms. The summed E-state index contributed by atoms with van der Waals surface area (Å²) < 4.78 is -1.16. The molecule has 1 unspecified atom stereocenters. The highest BCUT2D eigenvalue weighted by molar-refractivity contribution is 6.25. The van der Waals surface area contributed by atoms with E-state index in [-0.39, 0.29) is 48.7 Å². The third kappa shape index (κ3) is 5.29. The number of likely N-dealkylation sites (N-methyl/N-ethyl adjacent to an activating group) is 1. The number of carbonyl (C=O) groups excluding carboxylic acids is 3. The van der Waals surface area contributed by atoms with E-state index in [1.54, 1.807) is 43.4 Å². The molecule has 2 aliphatic rings. The van der Waals surface area contributed by atoms with Crippen LogP contribution >= 0.6 is 0 Å². The first-order chi connectivity index (χ1) is 21.5. The zero-order valence-corrected chi connectivity index (χ0v) is 24.2.